The molecule has 1 aromatic rings. The Balaban J connectivity index is 2.27. The average molecular weight is 281 g/mol. The van der Waals surface area contributed by atoms with Gasteiger partial charge in [-0.3, -0.25) is 0 Å². The SMILES string of the molecule is C=CCCCN(C)Cc1csc(CNCC(C)C)n1. The molecule has 1 heterocycles. The van der Waals surface area contributed by atoms with Crippen LogP contribution >= 0.6 is 11.3 Å². The predicted molar refractivity (Wildman–Crippen MR) is 84.4 cm³/mol. The molecule has 0 amide bonds. The van der Waals surface area contributed by atoms with Gasteiger partial charge in [0.05, 0.1) is 5.69 Å². The van der Waals surface area contributed by atoms with Crippen LogP contribution in [0.25, 0.3) is 0 Å². The molecule has 0 fully saturated rings. The molecular weight excluding hydrogens is 254 g/mol. The van der Waals surface area contributed by atoms with Crippen LogP contribution in [0.2, 0.25) is 0 Å². The summed E-state index contributed by atoms with van der Waals surface area (Å²) in [6.45, 7) is 12.2. The first kappa shape index (κ1) is 16.3. The first-order chi connectivity index (χ1) is 9.11. The maximum absolute atomic E-state index is 4.67. The van der Waals surface area contributed by atoms with E-state index in [1.165, 1.54) is 17.1 Å². The number of hydrogen-bond donors (Lipinski definition) is 1. The Kier molecular flexibility index (Phi) is 7.94. The van der Waals surface area contributed by atoms with Gasteiger partial charge in [0, 0.05) is 18.5 Å². The monoisotopic (exact) mass is 281 g/mol. The summed E-state index contributed by atoms with van der Waals surface area (Å²) < 4.78 is 0. The molecule has 0 unspecified atom stereocenters. The third-order valence-electron chi connectivity index (χ3n) is 2.81. The van der Waals surface area contributed by atoms with Crippen molar-refractivity contribution in [2.75, 3.05) is 20.1 Å². The largest absolute Gasteiger partial charge is 0.310 e. The fourth-order valence-electron chi connectivity index (χ4n) is 1.83. The fourth-order valence-corrected chi connectivity index (χ4v) is 2.59. The molecule has 19 heavy (non-hydrogen) atoms. The van der Waals surface area contributed by atoms with E-state index in [-0.39, 0.29) is 0 Å². The molecule has 0 aliphatic carbocycles. The van der Waals surface area contributed by atoms with E-state index >= 15 is 0 Å². The second-order valence-corrected chi connectivity index (χ2v) is 6.37. The Morgan fingerprint density at radius 2 is 2.32 bits per heavy atom. The first-order valence-corrected chi connectivity index (χ1v) is 7.93. The van der Waals surface area contributed by atoms with Crippen LogP contribution in [0, 0.1) is 5.92 Å². The van der Waals surface area contributed by atoms with Crippen molar-refractivity contribution in [1.29, 1.82) is 0 Å². The zero-order chi connectivity index (χ0) is 14.1. The van der Waals surface area contributed by atoms with Gasteiger partial charge < -0.3 is 10.2 Å². The van der Waals surface area contributed by atoms with E-state index in [9.17, 15) is 0 Å². The maximum Gasteiger partial charge on any atom is 0.107 e. The summed E-state index contributed by atoms with van der Waals surface area (Å²) in [5, 5.41) is 6.80. The molecule has 0 atom stereocenters. The van der Waals surface area contributed by atoms with Gasteiger partial charge in [0.1, 0.15) is 5.01 Å². The normalized spacial score (nSPS) is 11.4. The van der Waals surface area contributed by atoms with Gasteiger partial charge in [-0.25, -0.2) is 4.98 Å². The minimum absolute atomic E-state index is 0.690. The third kappa shape index (κ3) is 7.45. The van der Waals surface area contributed by atoms with Gasteiger partial charge in [0.2, 0.25) is 0 Å². The molecule has 1 rings (SSSR count). The molecule has 0 saturated carbocycles. The average Bonchev–Trinajstić information content (AvgIpc) is 2.76. The third-order valence-corrected chi connectivity index (χ3v) is 3.71. The summed E-state index contributed by atoms with van der Waals surface area (Å²) in [5.41, 5.74) is 1.19. The Hall–Kier alpha value is -0.710. The zero-order valence-corrected chi connectivity index (χ0v) is 13.3. The van der Waals surface area contributed by atoms with Crippen molar-refractivity contribution >= 4 is 11.3 Å². The maximum atomic E-state index is 4.67. The number of thiazole rings is 1. The van der Waals surface area contributed by atoms with Crippen LogP contribution in [0.5, 0.6) is 0 Å². The first-order valence-electron chi connectivity index (χ1n) is 7.05. The minimum atomic E-state index is 0.690. The second kappa shape index (κ2) is 9.23. The molecule has 0 saturated heterocycles. The Labute approximate surface area is 121 Å². The van der Waals surface area contributed by atoms with Crippen LogP contribution in [-0.2, 0) is 13.1 Å². The highest BCUT2D eigenvalue weighted by Crippen LogP contribution is 2.11. The summed E-state index contributed by atoms with van der Waals surface area (Å²) in [7, 11) is 2.15. The zero-order valence-electron chi connectivity index (χ0n) is 12.5. The molecule has 3 nitrogen and oxygen atoms in total. The van der Waals surface area contributed by atoms with Crippen molar-refractivity contribution < 1.29 is 0 Å². The standard InChI is InChI=1S/C15H27N3S/c1-5-6-7-8-18(4)11-14-12-19-15(17-14)10-16-9-13(2)3/h5,12-13,16H,1,6-11H2,2-4H3. The van der Waals surface area contributed by atoms with Crippen LogP contribution in [-0.4, -0.2) is 30.0 Å². The summed E-state index contributed by atoms with van der Waals surface area (Å²) >= 11 is 1.76. The molecule has 0 aliphatic rings. The topological polar surface area (TPSA) is 28.2 Å². The molecule has 1 N–H and O–H groups in total. The van der Waals surface area contributed by atoms with Gasteiger partial charge in [0.15, 0.2) is 0 Å². The Bertz CT molecular complexity index is 360. The number of allylic oxidation sites excluding steroid dienone is 1. The summed E-state index contributed by atoms with van der Waals surface area (Å²) in [4.78, 5) is 6.99. The number of nitrogens with one attached hydrogen (secondary N) is 1. The molecular formula is C15H27N3S. The van der Waals surface area contributed by atoms with Gasteiger partial charge in [-0.1, -0.05) is 19.9 Å². The highest BCUT2D eigenvalue weighted by Gasteiger charge is 2.05. The van der Waals surface area contributed by atoms with Gasteiger partial charge in [-0.05, 0) is 38.9 Å². The Morgan fingerprint density at radius 3 is 3.00 bits per heavy atom. The van der Waals surface area contributed by atoms with Crippen molar-refractivity contribution in [2.24, 2.45) is 5.92 Å². The summed E-state index contributed by atoms with van der Waals surface area (Å²) in [6.07, 6.45) is 4.24. The van der Waals surface area contributed by atoms with E-state index in [2.05, 4.69) is 48.1 Å². The van der Waals surface area contributed by atoms with Crippen LogP contribution in [0.3, 0.4) is 0 Å². The molecule has 0 bridgehead atoms. The van der Waals surface area contributed by atoms with Gasteiger partial charge >= 0.3 is 0 Å². The van der Waals surface area contributed by atoms with Gasteiger partial charge in [-0.15, -0.1) is 17.9 Å². The quantitative estimate of drug-likeness (QED) is 0.527. The lowest BCUT2D eigenvalue weighted by atomic mass is 10.2. The Morgan fingerprint density at radius 1 is 1.53 bits per heavy atom. The number of aromatic nitrogens is 1. The van der Waals surface area contributed by atoms with Crippen molar-refractivity contribution in [2.45, 2.75) is 39.8 Å². The molecule has 0 aromatic carbocycles. The van der Waals surface area contributed by atoms with Gasteiger partial charge in [-0.2, -0.15) is 0 Å². The number of rotatable bonds is 10. The molecule has 0 aliphatic heterocycles. The predicted octanol–water partition coefficient (Wildman–Crippen LogP) is 3.29. The molecule has 0 spiro atoms. The molecule has 108 valence electrons. The fraction of sp³-hybridized carbons (Fsp3) is 0.667. The number of hydrogen-bond acceptors (Lipinski definition) is 4. The molecule has 4 heteroatoms. The molecule has 1 aromatic heterocycles. The highest BCUT2D eigenvalue weighted by atomic mass is 32.1. The summed E-state index contributed by atoms with van der Waals surface area (Å²) in [5.74, 6) is 0.690. The summed E-state index contributed by atoms with van der Waals surface area (Å²) in [6, 6.07) is 0. The van der Waals surface area contributed by atoms with Crippen LogP contribution < -0.4 is 5.32 Å². The van der Waals surface area contributed by atoms with Crippen LogP contribution in [0.1, 0.15) is 37.4 Å². The molecule has 0 radical (unpaired) electrons. The highest BCUT2D eigenvalue weighted by molar-refractivity contribution is 7.09. The van der Waals surface area contributed by atoms with E-state index in [0.29, 0.717) is 5.92 Å². The lowest BCUT2D eigenvalue weighted by molar-refractivity contribution is 0.319. The second-order valence-electron chi connectivity index (χ2n) is 5.43. The van der Waals surface area contributed by atoms with Crippen molar-refractivity contribution in [3.05, 3.63) is 28.7 Å². The van der Waals surface area contributed by atoms with Gasteiger partial charge in [0.25, 0.3) is 0 Å². The number of unbranched alkanes of at least 4 members (excludes halogenated alkanes) is 1. The smallest absolute Gasteiger partial charge is 0.107 e. The lowest BCUT2D eigenvalue weighted by Gasteiger charge is -2.14. The van der Waals surface area contributed by atoms with Crippen molar-refractivity contribution in [3.63, 3.8) is 0 Å². The minimum Gasteiger partial charge on any atom is -0.310 e. The van der Waals surface area contributed by atoms with E-state index in [0.717, 1.165) is 32.6 Å². The van der Waals surface area contributed by atoms with E-state index < -0.39 is 0 Å². The van der Waals surface area contributed by atoms with E-state index in [1.807, 2.05) is 6.08 Å². The number of nitrogens with zero attached hydrogens (tertiary/aromatic N) is 2. The van der Waals surface area contributed by atoms with Crippen molar-refractivity contribution in [3.8, 4) is 0 Å². The van der Waals surface area contributed by atoms with E-state index in [1.54, 1.807) is 11.3 Å². The van der Waals surface area contributed by atoms with Crippen LogP contribution in [0.15, 0.2) is 18.0 Å². The lowest BCUT2D eigenvalue weighted by Crippen LogP contribution is -2.20. The van der Waals surface area contributed by atoms with Crippen LogP contribution in [0.4, 0.5) is 0 Å². The van der Waals surface area contributed by atoms with Crippen molar-refractivity contribution in [1.82, 2.24) is 15.2 Å². The van der Waals surface area contributed by atoms with E-state index in [4.69, 9.17) is 0 Å².